The van der Waals surface area contributed by atoms with Gasteiger partial charge in [-0.1, -0.05) is 28.1 Å². The minimum atomic E-state index is 0.523. The van der Waals surface area contributed by atoms with Crippen LogP contribution in [0.3, 0.4) is 0 Å². The van der Waals surface area contributed by atoms with E-state index in [-0.39, 0.29) is 0 Å². The van der Waals surface area contributed by atoms with Crippen molar-refractivity contribution in [3.8, 4) is 5.88 Å². The molecule has 0 saturated heterocycles. The fraction of sp³-hybridized carbons (Fsp3) is 0.267. The van der Waals surface area contributed by atoms with Crippen LogP contribution in [0.2, 0.25) is 0 Å². The lowest BCUT2D eigenvalue weighted by Crippen LogP contribution is -2.06. The number of aromatic nitrogens is 1. The summed E-state index contributed by atoms with van der Waals surface area (Å²) in [5, 5.41) is 3.13. The maximum atomic E-state index is 5.76. The third-order valence-electron chi connectivity index (χ3n) is 2.65. The van der Waals surface area contributed by atoms with Gasteiger partial charge in [-0.25, -0.2) is 4.98 Å². The Bertz CT molecular complexity index is 558. The van der Waals surface area contributed by atoms with Crippen LogP contribution in [0.1, 0.15) is 16.8 Å². The molecule has 0 aliphatic carbocycles. The first-order valence-electron chi connectivity index (χ1n) is 6.17. The van der Waals surface area contributed by atoms with Gasteiger partial charge in [0.25, 0.3) is 0 Å². The van der Waals surface area contributed by atoms with Gasteiger partial charge in [0.2, 0.25) is 5.88 Å². The first-order chi connectivity index (χ1) is 9.17. The average molecular weight is 321 g/mol. The van der Waals surface area contributed by atoms with Gasteiger partial charge < -0.3 is 10.1 Å². The maximum absolute atomic E-state index is 5.76. The number of rotatable bonds is 5. The molecule has 100 valence electrons. The monoisotopic (exact) mass is 320 g/mol. The van der Waals surface area contributed by atoms with Crippen LogP contribution in [0.4, 0.5) is 0 Å². The topological polar surface area (TPSA) is 34.2 Å². The SMILES string of the molecule is CNCc1cc(C)nc(OCc2cccc(Br)c2)c1. The predicted molar refractivity (Wildman–Crippen MR) is 80.2 cm³/mol. The lowest BCUT2D eigenvalue weighted by Gasteiger charge is -2.09. The number of hydrogen-bond donors (Lipinski definition) is 1. The van der Waals surface area contributed by atoms with E-state index in [1.54, 1.807) is 0 Å². The second kappa shape index (κ2) is 6.68. The Morgan fingerprint density at radius 3 is 2.79 bits per heavy atom. The minimum absolute atomic E-state index is 0.523. The number of ether oxygens (including phenoxy) is 1. The second-order valence-electron chi connectivity index (χ2n) is 4.40. The largest absolute Gasteiger partial charge is 0.473 e. The molecule has 1 heterocycles. The number of benzene rings is 1. The summed E-state index contributed by atoms with van der Waals surface area (Å²) in [6, 6.07) is 12.1. The number of hydrogen-bond acceptors (Lipinski definition) is 3. The molecule has 0 amide bonds. The predicted octanol–water partition coefficient (Wildman–Crippen LogP) is 3.45. The molecule has 0 fully saturated rings. The fourth-order valence-corrected chi connectivity index (χ4v) is 2.32. The van der Waals surface area contributed by atoms with Crippen molar-refractivity contribution in [2.45, 2.75) is 20.1 Å². The zero-order valence-corrected chi connectivity index (χ0v) is 12.7. The molecular weight excluding hydrogens is 304 g/mol. The third-order valence-corrected chi connectivity index (χ3v) is 3.14. The van der Waals surface area contributed by atoms with Gasteiger partial charge >= 0.3 is 0 Å². The van der Waals surface area contributed by atoms with Gasteiger partial charge in [-0.05, 0) is 43.3 Å². The van der Waals surface area contributed by atoms with Crippen molar-refractivity contribution < 1.29 is 4.74 Å². The number of aryl methyl sites for hydroxylation is 1. The summed E-state index contributed by atoms with van der Waals surface area (Å²) in [5.41, 5.74) is 3.27. The highest BCUT2D eigenvalue weighted by Crippen LogP contribution is 2.16. The highest BCUT2D eigenvalue weighted by Gasteiger charge is 2.02. The van der Waals surface area contributed by atoms with Crippen molar-refractivity contribution >= 4 is 15.9 Å². The van der Waals surface area contributed by atoms with Crippen LogP contribution in [0.25, 0.3) is 0 Å². The van der Waals surface area contributed by atoms with Crippen LogP contribution in [0.5, 0.6) is 5.88 Å². The Morgan fingerprint density at radius 1 is 1.21 bits per heavy atom. The molecule has 1 aromatic carbocycles. The summed E-state index contributed by atoms with van der Waals surface area (Å²) in [4.78, 5) is 4.39. The Balaban J connectivity index is 2.06. The van der Waals surface area contributed by atoms with Crippen LogP contribution < -0.4 is 10.1 Å². The zero-order valence-electron chi connectivity index (χ0n) is 11.1. The van der Waals surface area contributed by atoms with Crippen LogP contribution in [-0.2, 0) is 13.2 Å². The molecule has 3 nitrogen and oxygen atoms in total. The number of pyridine rings is 1. The molecule has 0 spiro atoms. The highest BCUT2D eigenvalue weighted by atomic mass is 79.9. The van der Waals surface area contributed by atoms with E-state index in [1.807, 2.05) is 44.3 Å². The lowest BCUT2D eigenvalue weighted by atomic mass is 10.2. The van der Waals surface area contributed by atoms with E-state index in [0.29, 0.717) is 12.5 Å². The summed E-state index contributed by atoms with van der Waals surface area (Å²) in [7, 11) is 1.93. The molecule has 0 unspecified atom stereocenters. The molecule has 0 aliphatic heterocycles. The molecule has 4 heteroatoms. The van der Waals surface area contributed by atoms with E-state index >= 15 is 0 Å². The minimum Gasteiger partial charge on any atom is -0.473 e. The van der Waals surface area contributed by atoms with Crippen LogP contribution in [-0.4, -0.2) is 12.0 Å². The van der Waals surface area contributed by atoms with Gasteiger partial charge in [-0.15, -0.1) is 0 Å². The van der Waals surface area contributed by atoms with Crippen molar-refractivity contribution in [2.24, 2.45) is 0 Å². The van der Waals surface area contributed by atoms with Crippen molar-refractivity contribution in [3.05, 3.63) is 57.7 Å². The average Bonchev–Trinajstić information content (AvgIpc) is 2.36. The quantitative estimate of drug-likeness (QED) is 0.916. The number of nitrogens with one attached hydrogen (secondary N) is 1. The zero-order chi connectivity index (χ0) is 13.7. The molecule has 0 atom stereocenters. The van der Waals surface area contributed by atoms with Gasteiger partial charge in [-0.2, -0.15) is 0 Å². The Labute approximate surface area is 122 Å². The maximum Gasteiger partial charge on any atom is 0.214 e. The smallest absolute Gasteiger partial charge is 0.214 e. The van der Waals surface area contributed by atoms with Crippen molar-refractivity contribution in [3.63, 3.8) is 0 Å². The molecule has 2 rings (SSSR count). The third kappa shape index (κ3) is 4.33. The van der Waals surface area contributed by atoms with Crippen LogP contribution in [0.15, 0.2) is 40.9 Å². The molecule has 19 heavy (non-hydrogen) atoms. The fourth-order valence-electron chi connectivity index (χ4n) is 1.87. The van der Waals surface area contributed by atoms with E-state index in [0.717, 1.165) is 22.3 Å². The summed E-state index contributed by atoms with van der Waals surface area (Å²) >= 11 is 3.45. The van der Waals surface area contributed by atoms with E-state index in [1.165, 1.54) is 5.56 Å². The number of halogens is 1. The van der Waals surface area contributed by atoms with Gasteiger partial charge in [-0.3, -0.25) is 0 Å². The number of nitrogens with zero attached hydrogens (tertiary/aromatic N) is 1. The summed E-state index contributed by atoms with van der Waals surface area (Å²) < 4.78 is 6.81. The first-order valence-corrected chi connectivity index (χ1v) is 6.96. The van der Waals surface area contributed by atoms with Gasteiger partial charge in [0.05, 0.1) is 0 Å². The van der Waals surface area contributed by atoms with Crippen LogP contribution >= 0.6 is 15.9 Å². The molecule has 2 aromatic rings. The Hall–Kier alpha value is -1.39. The Morgan fingerprint density at radius 2 is 2.05 bits per heavy atom. The van der Waals surface area contributed by atoms with Crippen LogP contribution in [0, 0.1) is 6.92 Å². The molecule has 0 bridgehead atoms. The second-order valence-corrected chi connectivity index (χ2v) is 5.32. The normalized spacial score (nSPS) is 10.5. The van der Waals surface area contributed by atoms with E-state index in [2.05, 4.69) is 32.3 Å². The van der Waals surface area contributed by atoms with Gasteiger partial charge in [0.15, 0.2) is 0 Å². The standard InChI is InChI=1S/C15H17BrN2O/c1-11-6-13(9-17-2)8-15(18-11)19-10-12-4-3-5-14(16)7-12/h3-8,17H,9-10H2,1-2H3. The molecule has 1 aromatic heterocycles. The van der Waals surface area contributed by atoms with Crippen molar-refractivity contribution in [2.75, 3.05) is 7.05 Å². The summed E-state index contributed by atoms with van der Waals surface area (Å²) in [5.74, 6) is 0.672. The van der Waals surface area contributed by atoms with E-state index in [4.69, 9.17) is 4.74 Å². The molecular formula is C15H17BrN2O. The molecule has 0 aliphatic rings. The summed E-state index contributed by atoms with van der Waals surface area (Å²) in [6.45, 7) is 3.32. The van der Waals surface area contributed by atoms with Gasteiger partial charge in [0.1, 0.15) is 6.61 Å². The van der Waals surface area contributed by atoms with E-state index < -0.39 is 0 Å². The van der Waals surface area contributed by atoms with Gasteiger partial charge in [0, 0.05) is 22.8 Å². The molecule has 0 saturated carbocycles. The van der Waals surface area contributed by atoms with Crippen molar-refractivity contribution in [1.82, 2.24) is 10.3 Å². The first kappa shape index (κ1) is 14.0. The van der Waals surface area contributed by atoms with Crippen molar-refractivity contribution in [1.29, 1.82) is 0 Å². The Kier molecular flexibility index (Phi) is 4.93. The summed E-state index contributed by atoms with van der Waals surface area (Å²) in [6.07, 6.45) is 0. The molecule has 1 N–H and O–H groups in total. The molecule has 0 radical (unpaired) electrons. The highest BCUT2D eigenvalue weighted by molar-refractivity contribution is 9.10. The van der Waals surface area contributed by atoms with E-state index in [9.17, 15) is 0 Å². The lowest BCUT2D eigenvalue weighted by molar-refractivity contribution is 0.293.